The summed E-state index contributed by atoms with van der Waals surface area (Å²) >= 11 is 3.23. The van der Waals surface area contributed by atoms with Gasteiger partial charge in [0.25, 0.3) is 0 Å². The Morgan fingerprint density at radius 2 is 1.56 bits per heavy atom. The van der Waals surface area contributed by atoms with Crippen molar-refractivity contribution in [3.05, 3.63) is 65.2 Å². The van der Waals surface area contributed by atoms with Crippen molar-refractivity contribution in [2.45, 2.75) is 18.1 Å². The van der Waals surface area contributed by atoms with Gasteiger partial charge in [-0.2, -0.15) is 13.2 Å². The van der Waals surface area contributed by atoms with E-state index in [-0.39, 0.29) is 5.69 Å². The van der Waals surface area contributed by atoms with Crippen LogP contribution in [0.1, 0.15) is 16.7 Å². The first-order valence-corrected chi connectivity index (χ1v) is 9.37. The van der Waals surface area contributed by atoms with Gasteiger partial charge in [-0.05, 0) is 23.3 Å². The molecule has 0 atom stereocenters. The third-order valence-electron chi connectivity index (χ3n) is 4.48. The van der Waals surface area contributed by atoms with Crippen molar-refractivity contribution in [2.75, 3.05) is 31.1 Å². The first kappa shape index (κ1) is 18.3. The lowest BCUT2D eigenvalue weighted by Crippen LogP contribution is -2.46. The van der Waals surface area contributed by atoms with Gasteiger partial charge in [0.2, 0.25) is 0 Å². The van der Waals surface area contributed by atoms with Crippen molar-refractivity contribution in [3.63, 3.8) is 0 Å². The van der Waals surface area contributed by atoms with E-state index in [1.165, 1.54) is 11.6 Å². The van der Waals surface area contributed by atoms with E-state index >= 15 is 0 Å². The van der Waals surface area contributed by atoms with E-state index < -0.39 is 11.7 Å². The van der Waals surface area contributed by atoms with Crippen LogP contribution in [0.5, 0.6) is 0 Å². The zero-order valence-electron chi connectivity index (χ0n) is 13.8. The van der Waals surface area contributed by atoms with Crippen molar-refractivity contribution in [2.24, 2.45) is 0 Å². The minimum atomic E-state index is -4.34. The molecule has 0 bridgehead atoms. The van der Waals surface area contributed by atoms with E-state index in [1.54, 1.807) is 12.1 Å². The van der Waals surface area contributed by atoms with Crippen LogP contribution in [0.25, 0.3) is 0 Å². The van der Waals surface area contributed by atoms with Crippen LogP contribution < -0.4 is 4.90 Å². The van der Waals surface area contributed by atoms with E-state index in [1.807, 2.05) is 23.1 Å². The standard InChI is InChI=1S/C19H20BrF3N2/c20-13-16-6-7-18(17(12-16)19(21,22)23)25-10-8-24(9-11-25)14-15-4-2-1-3-5-15/h1-7,12H,8-11,13-14H2. The molecule has 0 aromatic heterocycles. The summed E-state index contributed by atoms with van der Waals surface area (Å²) < 4.78 is 40.3. The number of hydrogen-bond acceptors (Lipinski definition) is 2. The highest BCUT2D eigenvalue weighted by molar-refractivity contribution is 9.08. The highest BCUT2D eigenvalue weighted by Gasteiger charge is 2.35. The maximum absolute atomic E-state index is 13.4. The van der Waals surface area contributed by atoms with E-state index in [0.29, 0.717) is 24.0 Å². The minimum Gasteiger partial charge on any atom is -0.368 e. The smallest absolute Gasteiger partial charge is 0.368 e. The van der Waals surface area contributed by atoms with Crippen LogP contribution in [0, 0.1) is 0 Å². The Morgan fingerprint density at radius 3 is 2.16 bits per heavy atom. The van der Waals surface area contributed by atoms with Crippen molar-refractivity contribution in [3.8, 4) is 0 Å². The molecule has 0 saturated carbocycles. The Labute approximate surface area is 154 Å². The molecule has 25 heavy (non-hydrogen) atoms. The lowest BCUT2D eigenvalue weighted by atomic mass is 10.1. The van der Waals surface area contributed by atoms with Gasteiger partial charge in [-0.15, -0.1) is 0 Å². The Bertz CT molecular complexity index is 696. The number of anilines is 1. The van der Waals surface area contributed by atoms with E-state index in [0.717, 1.165) is 19.6 Å². The number of nitrogens with zero attached hydrogens (tertiary/aromatic N) is 2. The SMILES string of the molecule is FC(F)(F)c1cc(CBr)ccc1N1CCN(Cc2ccccc2)CC1. The molecule has 0 N–H and O–H groups in total. The largest absolute Gasteiger partial charge is 0.418 e. The molecule has 1 aliphatic rings. The predicted molar refractivity (Wildman–Crippen MR) is 98.0 cm³/mol. The molecule has 0 amide bonds. The molecule has 1 fully saturated rings. The van der Waals surface area contributed by atoms with Gasteiger partial charge in [-0.1, -0.05) is 52.3 Å². The zero-order valence-corrected chi connectivity index (χ0v) is 15.4. The van der Waals surface area contributed by atoms with Crippen LogP contribution in [0.15, 0.2) is 48.5 Å². The second-order valence-electron chi connectivity index (χ2n) is 6.23. The van der Waals surface area contributed by atoms with Gasteiger partial charge < -0.3 is 4.90 Å². The molecular weight excluding hydrogens is 393 g/mol. The molecule has 2 aromatic rings. The van der Waals surface area contributed by atoms with Crippen LogP contribution in [0.4, 0.5) is 18.9 Å². The summed E-state index contributed by atoms with van der Waals surface area (Å²) in [5.74, 6) is 0. The van der Waals surface area contributed by atoms with Crippen molar-refractivity contribution in [1.82, 2.24) is 4.90 Å². The van der Waals surface area contributed by atoms with E-state index in [9.17, 15) is 13.2 Å². The van der Waals surface area contributed by atoms with Gasteiger partial charge in [-0.3, -0.25) is 4.90 Å². The van der Waals surface area contributed by atoms with Gasteiger partial charge in [-0.25, -0.2) is 0 Å². The van der Waals surface area contributed by atoms with Gasteiger partial charge in [0.1, 0.15) is 0 Å². The zero-order chi connectivity index (χ0) is 17.9. The van der Waals surface area contributed by atoms with Crippen LogP contribution in [0.2, 0.25) is 0 Å². The predicted octanol–water partition coefficient (Wildman–Crippen LogP) is 4.92. The quantitative estimate of drug-likeness (QED) is 0.657. The number of alkyl halides is 4. The van der Waals surface area contributed by atoms with Crippen LogP contribution in [-0.2, 0) is 18.1 Å². The molecule has 1 heterocycles. The van der Waals surface area contributed by atoms with E-state index in [4.69, 9.17) is 0 Å². The fraction of sp³-hybridized carbons (Fsp3) is 0.368. The number of piperazine rings is 1. The molecule has 3 rings (SSSR count). The summed E-state index contributed by atoms with van der Waals surface area (Å²) in [7, 11) is 0. The summed E-state index contributed by atoms with van der Waals surface area (Å²) in [6.07, 6.45) is -4.34. The second kappa shape index (κ2) is 7.79. The minimum absolute atomic E-state index is 0.288. The van der Waals surface area contributed by atoms with Crippen LogP contribution in [0.3, 0.4) is 0 Å². The summed E-state index contributed by atoms with van der Waals surface area (Å²) in [5.41, 5.74) is 1.62. The Morgan fingerprint density at radius 1 is 0.880 bits per heavy atom. The summed E-state index contributed by atoms with van der Waals surface area (Å²) in [5, 5.41) is 0.418. The van der Waals surface area contributed by atoms with Gasteiger partial charge in [0.15, 0.2) is 0 Å². The summed E-state index contributed by atoms with van der Waals surface area (Å²) in [6.45, 7) is 3.55. The first-order chi connectivity index (χ1) is 12.0. The second-order valence-corrected chi connectivity index (χ2v) is 6.79. The molecular formula is C19H20BrF3N2. The highest BCUT2D eigenvalue weighted by Crippen LogP contribution is 2.38. The maximum Gasteiger partial charge on any atom is 0.418 e. The number of hydrogen-bond donors (Lipinski definition) is 0. The summed E-state index contributed by atoms with van der Waals surface area (Å²) in [6, 6.07) is 14.8. The average molecular weight is 413 g/mol. The van der Waals surface area contributed by atoms with Gasteiger partial charge >= 0.3 is 6.18 Å². The topological polar surface area (TPSA) is 6.48 Å². The molecule has 2 nitrogen and oxygen atoms in total. The maximum atomic E-state index is 13.4. The van der Waals surface area contributed by atoms with Crippen molar-refractivity contribution >= 4 is 21.6 Å². The molecule has 0 unspecified atom stereocenters. The molecule has 6 heteroatoms. The Hall–Kier alpha value is -1.53. The Kier molecular flexibility index (Phi) is 5.69. The van der Waals surface area contributed by atoms with E-state index in [2.05, 4.69) is 33.0 Å². The number of benzene rings is 2. The summed E-state index contributed by atoms with van der Waals surface area (Å²) in [4.78, 5) is 4.13. The fourth-order valence-electron chi connectivity index (χ4n) is 3.16. The van der Waals surface area contributed by atoms with Crippen molar-refractivity contribution < 1.29 is 13.2 Å². The molecule has 134 valence electrons. The van der Waals surface area contributed by atoms with Gasteiger partial charge in [0, 0.05) is 43.7 Å². The Balaban J connectivity index is 1.70. The third-order valence-corrected chi connectivity index (χ3v) is 5.13. The van der Waals surface area contributed by atoms with Crippen LogP contribution >= 0.6 is 15.9 Å². The molecule has 1 saturated heterocycles. The number of halogens is 4. The lowest BCUT2D eigenvalue weighted by molar-refractivity contribution is -0.137. The monoisotopic (exact) mass is 412 g/mol. The molecule has 0 radical (unpaired) electrons. The average Bonchev–Trinajstić information content (AvgIpc) is 2.62. The lowest BCUT2D eigenvalue weighted by Gasteiger charge is -2.37. The number of rotatable bonds is 4. The first-order valence-electron chi connectivity index (χ1n) is 8.24. The fourth-order valence-corrected chi connectivity index (χ4v) is 3.51. The highest BCUT2D eigenvalue weighted by atomic mass is 79.9. The van der Waals surface area contributed by atoms with Crippen LogP contribution in [-0.4, -0.2) is 31.1 Å². The molecule has 0 spiro atoms. The van der Waals surface area contributed by atoms with Gasteiger partial charge in [0.05, 0.1) is 5.56 Å². The molecule has 1 aliphatic heterocycles. The normalized spacial score (nSPS) is 16.2. The molecule has 2 aromatic carbocycles. The molecule has 0 aliphatic carbocycles. The van der Waals surface area contributed by atoms with Crippen molar-refractivity contribution in [1.29, 1.82) is 0 Å². The third kappa shape index (κ3) is 4.55.